The first kappa shape index (κ1) is 11.9. The summed E-state index contributed by atoms with van der Waals surface area (Å²) in [5.74, 6) is -1.21. The van der Waals surface area contributed by atoms with Crippen molar-refractivity contribution in [1.82, 2.24) is 0 Å². The number of esters is 1. The van der Waals surface area contributed by atoms with E-state index in [0.717, 1.165) is 6.42 Å². The lowest BCUT2D eigenvalue weighted by atomic mass is 9.60. The Kier molecular flexibility index (Phi) is 2.61. The molecule has 3 aliphatic rings. The lowest BCUT2D eigenvalue weighted by Crippen LogP contribution is -2.60. The average molecular weight is 250 g/mol. The van der Waals surface area contributed by atoms with Crippen LogP contribution in [0.4, 0.5) is 0 Å². The molecule has 0 saturated carbocycles. The standard InChI is InChI=1S/C14H18O4/c1-3-5-13-9-11(18-12(15)10(13)2)4-6-14(13)16-7-8-17-14/h3-4,6,10-11H,1,5,7-9H2,2H3/t10-,11?,13-/m0/s1. The van der Waals surface area contributed by atoms with Gasteiger partial charge in [0.15, 0.2) is 5.79 Å². The normalized spacial score (nSPS) is 40.8. The van der Waals surface area contributed by atoms with Crippen molar-refractivity contribution < 1.29 is 19.0 Å². The Hall–Kier alpha value is -1.13. The van der Waals surface area contributed by atoms with Gasteiger partial charge in [-0.1, -0.05) is 13.0 Å². The Bertz CT molecular complexity index is 408. The van der Waals surface area contributed by atoms with Gasteiger partial charge in [-0.2, -0.15) is 0 Å². The highest BCUT2D eigenvalue weighted by Gasteiger charge is 2.63. The van der Waals surface area contributed by atoms with Crippen LogP contribution >= 0.6 is 0 Å². The van der Waals surface area contributed by atoms with Crippen molar-refractivity contribution in [2.75, 3.05) is 13.2 Å². The summed E-state index contributed by atoms with van der Waals surface area (Å²) in [4.78, 5) is 12.0. The van der Waals surface area contributed by atoms with Crippen LogP contribution in [0.25, 0.3) is 0 Å². The van der Waals surface area contributed by atoms with Crippen LogP contribution in [-0.2, 0) is 19.0 Å². The predicted octanol–water partition coefficient (Wildman–Crippen LogP) is 1.81. The third-order valence-electron chi connectivity index (χ3n) is 4.46. The second kappa shape index (κ2) is 3.93. The van der Waals surface area contributed by atoms with E-state index in [1.54, 1.807) is 0 Å². The summed E-state index contributed by atoms with van der Waals surface area (Å²) >= 11 is 0. The summed E-state index contributed by atoms with van der Waals surface area (Å²) in [6.07, 6.45) is 6.92. The molecule has 0 amide bonds. The molecule has 2 bridgehead atoms. The predicted molar refractivity (Wildman–Crippen MR) is 64.7 cm³/mol. The minimum absolute atomic E-state index is 0.160. The van der Waals surface area contributed by atoms with Crippen molar-refractivity contribution in [1.29, 1.82) is 0 Å². The molecule has 1 spiro atoms. The number of allylic oxidation sites excluding steroid dienone is 1. The summed E-state index contributed by atoms with van der Waals surface area (Å²) in [5, 5.41) is 0. The van der Waals surface area contributed by atoms with Gasteiger partial charge >= 0.3 is 5.97 Å². The lowest BCUT2D eigenvalue weighted by molar-refractivity contribution is -0.251. The van der Waals surface area contributed by atoms with E-state index in [0.29, 0.717) is 19.6 Å². The van der Waals surface area contributed by atoms with Gasteiger partial charge in [-0.15, -0.1) is 6.58 Å². The topological polar surface area (TPSA) is 44.8 Å². The van der Waals surface area contributed by atoms with Crippen molar-refractivity contribution in [3.8, 4) is 0 Å². The lowest BCUT2D eigenvalue weighted by Gasteiger charge is -2.53. The van der Waals surface area contributed by atoms with E-state index in [2.05, 4.69) is 6.58 Å². The van der Waals surface area contributed by atoms with E-state index in [4.69, 9.17) is 14.2 Å². The number of carbonyl (C=O) groups excluding carboxylic acids is 1. The number of rotatable bonds is 2. The molecule has 98 valence electrons. The molecule has 18 heavy (non-hydrogen) atoms. The third kappa shape index (κ3) is 1.36. The quantitative estimate of drug-likeness (QED) is 0.554. The molecular weight excluding hydrogens is 232 g/mol. The van der Waals surface area contributed by atoms with Crippen LogP contribution in [0.1, 0.15) is 19.8 Å². The largest absolute Gasteiger partial charge is 0.458 e. The highest BCUT2D eigenvalue weighted by molar-refractivity contribution is 5.75. The summed E-state index contributed by atoms with van der Waals surface area (Å²) < 4.78 is 17.1. The number of fused-ring (bicyclic) bond motifs is 3. The van der Waals surface area contributed by atoms with Gasteiger partial charge in [0.05, 0.1) is 19.1 Å². The fourth-order valence-electron chi connectivity index (χ4n) is 3.48. The zero-order valence-electron chi connectivity index (χ0n) is 10.6. The van der Waals surface area contributed by atoms with E-state index in [1.807, 2.05) is 25.2 Å². The zero-order valence-corrected chi connectivity index (χ0v) is 10.6. The maximum atomic E-state index is 12.0. The first-order valence-electron chi connectivity index (χ1n) is 6.42. The summed E-state index contributed by atoms with van der Waals surface area (Å²) in [5.41, 5.74) is -0.389. The minimum atomic E-state index is -0.781. The molecule has 2 saturated heterocycles. The maximum absolute atomic E-state index is 12.0. The van der Waals surface area contributed by atoms with Crippen LogP contribution in [-0.4, -0.2) is 31.1 Å². The smallest absolute Gasteiger partial charge is 0.310 e. The van der Waals surface area contributed by atoms with Gasteiger partial charge in [-0.25, -0.2) is 0 Å². The molecule has 1 aliphatic carbocycles. The molecule has 2 fully saturated rings. The minimum Gasteiger partial charge on any atom is -0.458 e. The van der Waals surface area contributed by atoms with E-state index in [9.17, 15) is 4.79 Å². The summed E-state index contributed by atoms with van der Waals surface area (Å²) in [7, 11) is 0. The van der Waals surface area contributed by atoms with Gasteiger partial charge < -0.3 is 14.2 Å². The Morgan fingerprint density at radius 2 is 2.22 bits per heavy atom. The first-order chi connectivity index (χ1) is 8.63. The molecule has 2 heterocycles. The summed E-state index contributed by atoms with van der Waals surface area (Å²) in [6.45, 7) is 6.85. The van der Waals surface area contributed by atoms with E-state index in [1.165, 1.54) is 0 Å². The van der Waals surface area contributed by atoms with Crippen molar-refractivity contribution in [3.05, 3.63) is 24.8 Å². The van der Waals surface area contributed by atoms with Crippen LogP contribution in [0.15, 0.2) is 24.8 Å². The van der Waals surface area contributed by atoms with Gasteiger partial charge in [-0.3, -0.25) is 4.79 Å². The number of ether oxygens (including phenoxy) is 3. The van der Waals surface area contributed by atoms with E-state index in [-0.39, 0.29) is 23.4 Å². The van der Waals surface area contributed by atoms with Gasteiger partial charge in [-0.05, 0) is 18.6 Å². The molecule has 0 aromatic rings. The molecule has 0 N–H and O–H groups in total. The van der Waals surface area contributed by atoms with E-state index < -0.39 is 5.79 Å². The highest BCUT2D eigenvalue weighted by atomic mass is 16.7. The molecule has 2 aliphatic heterocycles. The van der Waals surface area contributed by atoms with Crippen molar-refractivity contribution in [2.24, 2.45) is 11.3 Å². The van der Waals surface area contributed by atoms with Gasteiger partial charge in [0.1, 0.15) is 6.10 Å². The van der Waals surface area contributed by atoms with Gasteiger partial charge in [0.2, 0.25) is 0 Å². The van der Waals surface area contributed by atoms with Crippen LogP contribution in [0.5, 0.6) is 0 Å². The number of hydrogen-bond donors (Lipinski definition) is 0. The molecule has 0 radical (unpaired) electrons. The number of hydrogen-bond acceptors (Lipinski definition) is 4. The average Bonchev–Trinajstić information content (AvgIpc) is 2.82. The molecular formula is C14H18O4. The molecule has 0 aromatic heterocycles. The Morgan fingerprint density at radius 1 is 1.50 bits per heavy atom. The zero-order chi connectivity index (χ0) is 12.8. The molecule has 1 unspecified atom stereocenters. The van der Waals surface area contributed by atoms with Crippen molar-refractivity contribution >= 4 is 5.97 Å². The van der Waals surface area contributed by atoms with Crippen LogP contribution in [0.2, 0.25) is 0 Å². The molecule has 3 rings (SSSR count). The summed E-state index contributed by atoms with van der Waals surface area (Å²) in [6, 6.07) is 0. The Labute approximate surface area is 107 Å². The SMILES string of the molecule is C=CC[C@@]12CC(C=CC13OCCO3)OC(=O)[C@@H]2C. The molecule has 3 atom stereocenters. The molecule has 4 nitrogen and oxygen atoms in total. The number of carbonyl (C=O) groups is 1. The van der Waals surface area contributed by atoms with Crippen molar-refractivity contribution in [3.63, 3.8) is 0 Å². The fourth-order valence-corrected chi connectivity index (χ4v) is 3.48. The second-order valence-corrected chi connectivity index (χ2v) is 5.27. The van der Waals surface area contributed by atoms with E-state index >= 15 is 0 Å². The Morgan fingerprint density at radius 3 is 2.89 bits per heavy atom. The van der Waals surface area contributed by atoms with Gasteiger partial charge in [0.25, 0.3) is 0 Å². The highest BCUT2D eigenvalue weighted by Crippen LogP contribution is 2.56. The maximum Gasteiger partial charge on any atom is 0.310 e. The Balaban J connectivity index is 2.11. The third-order valence-corrected chi connectivity index (χ3v) is 4.46. The fraction of sp³-hybridized carbons (Fsp3) is 0.643. The monoisotopic (exact) mass is 250 g/mol. The molecule has 4 heteroatoms. The van der Waals surface area contributed by atoms with Crippen LogP contribution < -0.4 is 0 Å². The van der Waals surface area contributed by atoms with Crippen LogP contribution in [0, 0.1) is 11.3 Å². The van der Waals surface area contributed by atoms with Crippen molar-refractivity contribution in [2.45, 2.75) is 31.7 Å². The van der Waals surface area contributed by atoms with Crippen LogP contribution in [0.3, 0.4) is 0 Å². The molecule has 0 aromatic carbocycles. The van der Waals surface area contributed by atoms with Gasteiger partial charge in [0, 0.05) is 11.8 Å². The second-order valence-electron chi connectivity index (χ2n) is 5.27. The first-order valence-corrected chi connectivity index (χ1v) is 6.42.